The van der Waals surface area contributed by atoms with E-state index in [0.717, 1.165) is 29.9 Å². The number of benzene rings is 1. The Morgan fingerprint density at radius 1 is 1.33 bits per heavy atom. The van der Waals surface area contributed by atoms with E-state index in [-0.39, 0.29) is 11.9 Å². The van der Waals surface area contributed by atoms with Gasteiger partial charge in [0.25, 0.3) is 0 Å². The summed E-state index contributed by atoms with van der Waals surface area (Å²) in [5.74, 6) is 2.23. The summed E-state index contributed by atoms with van der Waals surface area (Å²) in [6.07, 6.45) is 7.43. The number of allylic oxidation sites excluding steroid dienone is 2. The van der Waals surface area contributed by atoms with Crippen LogP contribution in [0.25, 0.3) is 0 Å². The number of rotatable bonds is 4. The Morgan fingerprint density at radius 2 is 2.22 bits per heavy atom. The molecule has 0 radical (unpaired) electrons. The number of halogens is 1. The van der Waals surface area contributed by atoms with E-state index >= 15 is 0 Å². The van der Waals surface area contributed by atoms with Crippen molar-refractivity contribution in [3.8, 4) is 0 Å². The lowest BCUT2D eigenvalue weighted by atomic mass is 9.93. The monoisotopic (exact) mass is 245 g/mol. The Hall–Kier alpha value is -1.15. The highest BCUT2D eigenvalue weighted by molar-refractivity contribution is 5.19. The van der Waals surface area contributed by atoms with E-state index < -0.39 is 0 Å². The van der Waals surface area contributed by atoms with Gasteiger partial charge in [-0.05, 0) is 61.8 Å². The van der Waals surface area contributed by atoms with Gasteiger partial charge in [-0.3, -0.25) is 0 Å². The van der Waals surface area contributed by atoms with E-state index in [1.54, 1.807) is 12.1 Å². The molecule has 0 amide bonds. The van der Waals surface area contributed by atoms with Gasteiger partial charge < -0.3 is 5.32 Å². The van der Waals surface area contributed by atoms with Gasteiger partial charge in [0.15, 0.2) is 0 Å². The highest BCUT2D eigenvalue weighted by Crippen LogP contribution is 2.43. The molecule has 1 aromatic rings. The van der Waals surface area contributed by atoms with Crippen LogP contribution in [0.1, 0.15) is 31.4 Å². The molecule has 0 saturated heterocycles. The second-order valence-corrected chi connectivity index (χ2v) is 5.73. The van der Waals surface area contributed by atoms with E-state index in [9.17, 15) is 4.39 Å². The first-order chi connectivity index (χ1) is 8.72. The summed E-state index contributed by atoms with van der Waals surface area (Å²) < 4.78 is 13.2. The molecule has 2 aliphatic carbocycles. The van der Waals surface area contributed by atoms with Crippen LogP contribution in [0.5, 0.6) is 0 Å². The maximum Gasteiger partial charge on any atom is 0.123 e. The number of nitrogens with one attached hydrogen (secondary N) is 1. The van der Waals surface area contributed by atoms with Crippen LogP contribution in [-0.2, 0) is 0 Å². The molecule has 0 aromatic heterocycles. The van der Waals surface area contributed by atoms with Gasteiger partial charge in [0.1, 0.15) is 5.82 Å². The Kier molecular flexibility index (Phi) is 3.21. The first kappa shape index (κ1) is 11.9. The maximum absolute atomic E-state index is 13.2. The normalized spacial score (nSPS) is 30.9. The molecule has 0 heterocycles. The van der Waals surface area contributed by atoms with Gasteiger partial charge in [-0.1, -0.05) is 24.3 Å². The third-order valence-electron chi connectivity index (χ3n) is 4.45. The summed E-state index contributed by atoms with van der Waals surface area (Å²) in [7, 11) is 0. The summed E-state index contributed by atoms with van der Waals surface area (Å²) in [5, 5.41) is 3.55. The van der Waals surface area contributed by atoms with Crippen LogP contribution in [0.4, 0.5) is 4.39 Å². The van der Waals surface area contributed by atoms with Crippen molar-refractivity contribution in [2.75, 3.05) is 6.54 Å². The fourth-order valence-electron chi connectivity index (χ4n) is 3.35. The Labute approximate surface area is 108 Å². The van der Waals surface area contributed by atoms with Gasteiger partial charge in [-0.25, -0.2) is 4.39 Å². The molecule has 2 heteroatoms. The Morgan fingerprint density at radius 3 is 2.89 bits per heavy atom. The van der Waals surface area contributed by atoms with Gasteiger partial charge in [0.05, 0.1) is 0 Å². The van der Waals surface area contributed by atoms with Gasteiger partial charge in [0.2, 0.25) is 0 Å². The van der Waals surface area contributed by atoms with Crippen molar-refractivity contribution in [1.82, 2.24) is 5.32 Å². The molecule has 3 unspecified atom stereocenters. The molecule has 1 aromatic carbocycles. The van der Waals surface area contributed by atoms with Crippen molar-refractivity contribution >= 4 is 0 Å². The fourth-order valence-corrected chi connectivity index (χ4v) is 3.35. The minimum Gasteiger partial charge on any atom is -0.310 e. The van der Waals surface area contributed by atoms with Crippen LogP contribution in [-0.4, -0.2) is 6.54 Å². The number of hydrogen-bond acceptors (Lipinski definition) is 1. The SMILES string of the molecule is C[C@@H](NCC1CC2C=CC1C2)c1cccc(F)c1. The lowest BCUT2D eigenvalue weighted by Crippen LogP contribution is -2.27. The van der Waals surface area contributed by atoms with E-state index in [0.29, 0.717) is 0 Å². The lowest BCUT2D eigenvalue weighted by Gasteiger charge is -2.22. The van der Waals surface area contributed by atoms with Crippen LogP contribution in [0.2, 0.25) is 0 Å². The number of hydrogen-bond donors (Lipinski definition) is 1. The molecular formula is C16H20FN. The van der Waals surface area contributed by atoms with Crippen LogP contribution < -0.4 is 5.32 Å². The van der Waals surface area contributed by atoms with Gasteiger partial charge in [0, 0.05) is 6.04 Å². The van der Waals surface area contributed by atoms with Crippen LogP contribution >= 0.6 is 0 Å². The van der Waals surface area contributed by atoms with Gasteiger partial charge in [-0.15, -0.1) is 0 Å². The zero-order chi connectivity index (χ0) is 12.5. The largest absolute Gasteiger partial charge is 0.310 e. The van der Waals surface area contributed by atoms with Crippen molar-refractivity contribution in [1.29, 1.82) is 0 Å². The van der Waals surface area contributed by atoms with Crippen LogP contribution in [0.3, 0.4) is 0 Å². The third kappa shape index (κ3) is 2.35. The van der Waals surface area contributed by atoms with Gasteiger partial charge in [-0.2, -0.15) is 0 Å². The van der Waals surface area contributed by atoms with Crippen molar-refractivity contribution in [2.45, 2.75) is 25.8 Å². The van der Waals surface area contributed by atoms with E-state index in [4.69, 9.17) is 0 Å². The average Bonchev–Trinajstić information content (AvgIpc) is 2.98. The molecule has 18 heavy (non-hydrogen) atoms. The minimum absolute atomic E-state index is 0.149. The molecule has 3 rings (SSSR count). The molecule has 2 bridgehead atoms. The van der Waals surface area contributed by atoms with Gasteiger partial charge >= 0.3 is 0 Å². The molecule has 2 aliphatic rings. The van der Waals surface area contributed by atoms with Crippen molar-refractivity contribution < 1.29 is 4.39 Å². The average molecular weight is 245 g/mol. The first-order valence-corrected chi connectivity index (χ1v) is 6.89. The van der Waals surface area contributed by atoms with E-state index in [2.05, 4.69) is 24.4 Å². The van der Waals surface area contributed by atoms with Crippen molar-refractivity contribution in [3.63, 3.8) is 0 Å². The zero-order valence-corrected chi connectivity index (χ0v) is 10.8. The molecular weight excluding hydrogens is 225 g/mol. The summed E-state index contributed by atoms with van der Waals surface area (Å²) >= 11 is 0. The lowest BCUT2D eigenvalue weighted by molar-refractivity contribution is 0.393. The highest BCUT2D eigenvalue weighted by Gasteiger charge is 2.35. The molecule has 1 N–H and O–H groups in total. The molecule has 0 aliphatic heterocycles. The predicted molar refractivity (Wildman–Crippen MR) is 71.7 cm³/mol. The smallest absolute Gasteiger partial charge is 0.123 e. The molecule has 96 valence electrons. The number of fused-ring (bicyclic) bond motifs is 2. The standard InChI is InChI=1S/C16H20FN/c1-11(13-3-2-4-16(17)9-13)18-10-15-8-12-5-6-14(15)7-12/h2-6,9,11-12,14-15,18H,7-8,10H2,1H3/t11-,12?,14?,15?/m1/s1. The maximum atomic E-state index is 13.2. The predicted octanol–water partition coefficient (Wildman–Crippen LogP) is 3.69. The molecule has 1 saturated carbocycles. The van der Waals surface area contributed by atoms with E-state index in [1.807, 2.05) is 6.07 Å². The third-order valence-corrected chi connectivity index (χ3v) is 4.45. The summed E-state index contributed by atoms with van der Waals surface area (Å²) in [5.41, 5.74) is 1.04. The summed E-state index contributed by atoms with van der Waals surface area (Å²) in [6, 6.07) is 7.11. The Bertz CT molecular complexity index is 454. The van der Waals surface area contributed by atoms with E-state index in [1.165, 1.54) is 18.9 Å². The molecule has 4 atom stereocenters. The second-order valence-electron chi connectivity index (χ2n) is 5.73. The van der Waals surface area contributed by atoms with Crippen LogP contribution in [0, 0.1) is 23.6 Å². The minimum atomic E-state index is -0.149. The van der Waals surface area contributed by atoms with Crippen LogP contribution in [0.15, 0.2) is 36.4 Å². The molecule has 1 fully saturated rings. The highest BCUT2D eigenvalue weighted by atomic mass is 19.1. The quantitative estimate of drug-likeness (QED) is 0.798. The fraction of sp³-hybridized carbons (Fsp3) is 0.500. The van der Waals surface area contributed by atoms with Crippen molar-refractivity contribution in [3.05, 3.63) is 47.8 Å². The summed E-state index contributed by atoms with van der Waals surface area (Å²) in [4.78, 5) is 0. The topological polar surface area (TPSA) is 12.0 Å². The molecule has 0 spiro atoms. The first-order valence-electron chi connectivity index (χ1n) is 6.89. The second kappa shape index (κ2) is 4.85. The summed E-state index contributed by atoms with van der Waals surface area (Å²) in [6.45, 7) is 3.15. The zero-order valence-electron chi connectivity index (χ0n) is 10.8. The Balaban J connectivity index is 1.55. The molecule has 1 nitrogen and oxygen atoms in total. The van der Waals surface area contributed by atoms with Crippen molar-refractivity contribution in [2.24, 2.45) is 17.8 Å².